The van der Waals surface area contributed by atoms with Crippen molar-refractivity contribution >= 4 is 11.3 Å². The highest BCUT2D eigenvalue weighted by atomic mass is 32.1. The fourth-order valence-corrected chi connectivity index (χ4v) is 3.05. The maximum Gasteiger partial charge on any atom is 0.115 e. The van der Waals surface area contributed by atoms with Gasteiger partial charge in [-0.25, -0.2) is 4.98 Å². The molecule has 3 nitrogen and oxygen atoms in total. The quantitative estimate of drug-likeness (QED) is 0.865. The fourth-order valence-electron chi connectivity index (χ4n) is 2.35. The lowest BCUT2D eigenvalue weighted by molar-refractivity contribution is 0.404. The fraction of sp³-hybridized carbons (Fsp3) is 0.417. The van der Waals surface area contributed by atoms with Crippen molar-refractivity contribution in [3.8, 4) is 0 Å². The van der Waals surface area contributed by atoms with Crippen LogP contribution >= 0.6 is 11.3 Å². The molecule has 0 aromatic carbocycles. The Morgan fingerprint density at radius 3 is 3.31 bits per heavy atom. The summed E-state index contributed by atoms with van der Waals surface area (Å²) in [7, 11) is 0. The molecule has 0 saturated carbocycles. The predicted octanol–water partition coefficient (Wildman–Crippen LogP) is 2.33. The van der Waals surface area contributed by atoms with Crippen molar-refractivity contribution in [2.75, 3.05) is 0 Å². The second-order valence-corrected chi connectivity index (χ2v) is 5.28. The third kappa shape index (κ3) is 1.68. The standard InChI is InChI=1S/C12H15N3S/c13-11-5-1-3-9-8-14-12(15(9)11)7-10-4-2-6-16-10/h2,4,6,8,11H,1,3,5,7,13H2. The summed E-state index contributed by atoms with van der Waals surface area (Å²) in [5, 5.41) is 2.11. The van der Waals surface area contributed by atoms with Crippen LogP contribution in [0.2, 0.25) is 0 Å². The molecule has 0 radical (unpaired) electrons. The number of thiophene rings is 1. The molecular formula is C12H15N3S. The highest BCUT2D eigenvalue weighted by Crippen LogP contribution is 2.24. The molecule has 0 aliphatic carbocycles. The normalized spacial score (nSPS) is 19.7. The van der Waals surface area contributed by atoms with Gasteiger partial charge in [-0.3, -0.25) is 0 Å². The van der Waals surface area contributed by atoms with Gasteiger partial charge in [0.25, 0.3) is 0 Å². The van der Waals surface area contributed by atoms with Crippen LogP contribution in [-0.4, -0.2) is 9.55 Å². The molecule has 0 spiro atoms. The second kappa shape index (κ2) is 4.03. The van der Waals surface area contributed by atoms with Crippen molar-refractivity contribution in [3.05, 3.63) is 40.1 Å². The molecular weight excluding hydrogens is 218 g/mol. The largest absolute Gasteiger partial charge is 0.316 e. The number of nitrogens with zero attached hydrogens (tertiary/aromatic N) is 2. The van der Waals surface area contributed by atoms with Crippen molar-refractivity contribution in [2.24, 2.45) is 5.73 Å². The van der Waals surface area contributed by atoms with Gasteiger partial charge >= 0.3 is 0 Å². The summed E-state index contributed by atoms with van der Waals surface area (Å²) in [4.78, 5) is 5.87. The van der Waals surface area contributed by atoms with Gasteiger partial charge in [0.1, 0.15) is 5.82 Å². The zero-order valence-electron chi connectivity index (χ0n) is 9.10. The Kier molecular flexibility index (Phi) is 2.53. The molecule has 1 aliphatic rings. The van der Waals surface area contributed by atoms with Gasteiger partial charge in [0.15, 0.2) is 0 Å². The van der Waals surface area contributed by atoms with E-state index in [9.17, 15) is 0 Å². The number of aryl methyl sites for hydroxylation is 1. The highest BCUT2D eigenvalue weighted by Gasteiger charge is 2.20. The van der Waals surface area contributed by atoms with E-state index in [1.807, 2.05) is 6.20 Å². The lowest BCUT2D eigenvalue weighted by atomic mass is 10.1. The topological polar surface area (TPSA) is 43.8 Å². The van der Waals surface area contributed by atoms with E-state index in [2.05, 4.69) is 27.1 Å². The first-order valence-corrected chi connectivity index (χ1v) is 6.55. The third-order valence-corrected chi connectivity index (χ3v) is 4.00. The molecule has 3 heterocycles. The van der Waals surface area contributed by atoms with Gasteiger partial charge in [0.05, 0.1) is 6.17 Å². The Labute approximate surface area is 98.9 Å². The molecule has 16 heavy (non-hydrogen) atoms. The van der Waals surface area contributed by atoms with Gasteiger partial charge in [0.2, 0.25) is 0 Å². The van der Waals surface area contributed by atoms with Gasteiger partial charge < -0.3 is 10.3 Å². The minimum absolute atomic E-state index is 0.126. The predicted molar refractivity (Wildman–Crippen MR) is 65.5 cm³/mol. The van der Waals surface area contributed by atoms with Crippen LogP contribution in [0.15, 0.2) is 23.7 Å². The molecule has 3 rings (SSSR count). The number of fused-ring (bicyclic) bond motifs is 1. The number of aromatic nitrogens is 2. The van der Waals surface area contributed by atoms with Crippen LogP contribution in [0.5, 0.6) is 0 Å². The van der Waals surface area contributed by atoms with Crippen LogP contribution in [0.25, 0.3) is 0 Å². The summed E-state index contributed by atoms with van der Waals surface area (Å²) >= 11 is 1.78. The van der Waals surface area contributed by atoms with Crippen molar-refractivity contribution in [2.45, 2.75) is 31.8 Å². The summed E-state index contributed by atoms with van der Waals surface area (Å²) < 4.78 is 2.23. The van der Waals surface area contributed by atoms with Crippen molar-refractivity contribution in [3.63, 3.8) is 0 Å². The van der Waals surface area contributed by atoms with E-state index in [1.165, 1.54) is 17.0 Å². The van der Waals surface area contributed by atoms with E-state index in [1.54, 1.807) is 11.3 Å². The van der Waals surface area contributed by atoms with Crippen molar-refractivity contribution in [1.29, 1.82) is 0 Å². The van der Waals surface area contributed by atoms with Crippen LogP contribution in [0.1, 0.15) is 35.4 Å². The average molecular weight is 233 g/mol. The van der Waals surface area contributed by atoms with Crippen molar-refractivity contribution in [1.82, 2.24) is 9.55 Å². The van der Waals surface area contributed by atoms with E-state index in [0.29, 0.717) is 0 Å². The summed E-state index contributed by atoms with van der Waals surface area (Å²) in [6.45, 7) is 0. The number of nitrogens with two attached hydrogens (primary N) is 1. The van der Waals surface area contributed by atoms with Crippen molar-refractivity contribution < 1.29 is 0 Å². The number of rotatable bonds is 2. The molecule has 2 N–H and O–H groups in total. The van der Waals surface area contributed by atoms with E-state index in [4.69, 9.17) is 5.73 Å². The molecule has 0 saturated heterocycles. The first kappa shape index (κ1) is 10.1. The molecule has 84 valence electrons. The molecule has 1 atom stereocenters. The van der Waals surface area contributed by atoms with E-state index >= 15 is 0 Å². The first-order valence-electron chi connectivity index (χ1n) is 5.67. The monoisotopic (exact) mass is 233 g/mol. The van der Waals surface area contributed by atoms with Gasteiger partial charge in [-0.2, -0.15) is 0 Å². The Morgan fingerprint density at radius 1 is 1.56 bits per heavy atom. The van der Waals surface area contributed by atoms with Crippen LogP contribution in [-0.2, 0) is 12.8 Å². The molecule has 4 heteroatoms. The first-order chi connectivity index (χ1) is 7.84. The molecule has 0 amide bonds. The highest BCUT2D eigenvalue weighted by molar-refractivity contribution is 7.09. The van der Waals surface area contributed by atoms with Gasteiger partial charge in [0, 0.05) is 23.2 Å². The maximum atomic E-state index is 6.15. The van der Waals surface area contributed by atoms with Gasteiger partial charge in [-0.1, -0.05) is 6.07 Å². The van der Waals surface area contributed by atoms with Gasteiger partial charge in [-0.15, -0.1) is 11.3 Å². The molecule has 2 aromatic rings. The number of imidazole rings is 1. The summed E-state index contributed by atoms with van der Waals surface area (Å²) in [6.07, 6.45) is 6.39. The third-order valence-electron chi connectivity index (χ3n) is 3.13. The number of hydrogen-bond acceptors (Lipinski definition) is 3. The minimum atomic E-state index is 0.126. The van der Waals surface area contributed by atoms with Crippen LogP contribution < -0.4 is 5.73 Å². The summed E-state index contributed by atoms with van der Waals surface area (Å²) in [6, 6.07) is 4.24. The Hall–Kier alpha value is -1.13. The van der Waals surface area contributed by atoms with Crippen LogP contribution in [0.3, 0.4) is 0 Å². The Balaban J connectivity index is 1.93. The van der Waals surface area contributed by atoms with E-state index < -0.39 is 0 Å². The van der Waals surface area contributed by atoms with Crippen LogP contribution in [0, 0.1) is 0 Å². The lowest BCUT2D eigenvalue weighted by Crippen LogP contribution is -2.26. The Bertz CT molecular complexity index is 472. The lowest BCUT2D eigenvalue weighted by Gasteiger charge is -2.23. The molecule has 0 fully saturated rings. The maximum absolute atomic E-state index is 6.15. The van der Waals surface area contributed by atoms with E-state index in [0.717, 1.165) is 25.1 Å². The smallest absolute Gasteiger partial charge is 0.115 e. The summed E-state index contributed by atoms with van der Waals surface area (Å²) in [5.41, 5.74) is 7.44. The second-order valence-electron chi connectivity index (χ2n) is 4.25. The molecule has 0 bridgehead atoms. The SMILES string of the molecule is NC1CCCc2cnc(Cc3cccs3)n21. The summed E-state index contributed by atoms with van der Waals surface area (Å²) in [5.74, 6) is 1.12. The average Bonchev–Trinajstić information content (AvgIpc) is 2.90. The molecule has 2 aromatic heterocycles. The zero-order chi connectivity index (χ0) is 11.0. The Morgan fingerprint density at radius 2 is 2.50 bits per heavy atom. The van der Waals surface area contributed by atoms with Crippen LogP contribution in [0.4, 0.5) is 0 Å². The number of hydrogen-bond donors (Lipinski definition) is 1. The van der Waals surface area contributed by atoms with E-state index in [-0.39, 0.29) is 6.17 Å². The minimum Gasteiger partial charge on any atom is -0.316 e. The molecule has 1 unspecified atom stereocenters. The molecule has 1 aliphatic heterocycles. The zero-order valence-corrected chi connectivity index (χ0v) is 9.91. The van der Waals surface area contributed by atoms with Gasteiger partial charge in [-0.05, 0) is 30.7 Å².